The first-order valence-corrected chi connectivity index (χ1v) is 3.86. The SMILES string of the molecule is B[C@@](O)([C@H](O)CO)[C@H](O)[C@@H](O)CO. The first kappa shape index (κ1) is 12.8. The molecular formula is C6H15BO6. The van der Waals surface area contributed by atoms with Gasteiger partial charge in [-0.15, -0.1) is 0 Å². The van der Waals surface area contributed by atoms with E-state index in [9.17, 15) is 10.2 Å². The van der Waals surface area contributed by atoms with Gasteiger partial charge in [-0.1, -0.05) is 0 Å². The second kappa shape index (κ2) is 4.89. The van der Waals surface area contributed by atoms with Crippen LogP contribution in [-0.2, 0) is 0 Å². The molecule has 0 radical (unpaired) electrons. The highest BCUT2D eigenvalue weighted by Gasteiger charge is 2.40. The van der Waals surface area contributed by atoms with E-state index >= 15 is 0 Å². The number of hydrogen-bond donors (Lipinski definition) is 6. The summed E-state index contributed by atoms with van der Waals surface area (Å²) in [5, 5.41) is 53.6. The molecule has 0 aliphatic heterocycles. The van der Waals surface area contributed by atoms with Gasteiger partial charge in [0.2, 0.25) is 0 Å². The van der Waals surface area contributed by atoms with E-state index in [1.807, 2.05) is 0 Å². The highest BCUT2D eigenvalue weighted by Crippen LogP contribution is 2.14. The summed E-state index contributed by atoms with van der Waals surface area (Å²) in [5.74, 6) is 0. The van der Waals surface area contributed by atoms with Crippen LogP contribution < -0.4 is 0 Å². The molecule has 78 valence electrons. The van der Waals surface area contributed by atoms with Crippen LogP contribution in [0.3, 0.4) is 0 Å². The van der Waals surface area contributed by atoms with E-state index < -0.39 is 37.0 Å². The molecule has 13 heavy (non-hydrogen) atoms. The smallest absolute Gasteiger partial charge is 0.150 e. The molecule has 0 aromatic rings. The molecule has 4 atom stereocenters. The van der Waals surface area contributed by atoms with Gasteiger partial charge in [-0.2, -0.15) is 0 Å². The van der Waals surface area contributed by atoms with Crippen LogP contribution in [0.25, 0.3) is 0 Å². The van der Waals surface area contributed by atoms with Crippen molar-refractivity contribution in [2.45, 2.75) is 23.8 Å². The summed E-state index contributed by atoms with van der Waals surface area (Å²) in [6, 6.07) is 0. The topological polar surface area (TPSA) is 121 Å². The number of aliphatic hydroxyl groups is 6. The van der Waals surface area contributed by atoms with Crippen LogP contribution in [0.2, 0.25) is 0 Å². The number of rotatable bonds is 5. The maximum absolute atomic E-state index is 9.42. The van der Waals surface area contributed by atoms with Crippen LogP contribution in [0.4, 0.5) is 0 Å². The average molecular weight is 194 g/mol. The van der Waals surface area contributed by atoms with Crippen molar-refractivity contribution >= 4 is 7.85 Å². The van der Waals surface area contributed by atoms with E-state index in [0.29, 0.717) is 0 Å². The molecule has 0 aliphatic carbocycles. The lowest BCUT2D eigenvalue weighted by atomic mass is 9.71. The van der Waals surface area contributed by atoms with Crippen LogP contribution in [0.5, 0.6) is 0 Å². The third kappa shape index (κ3) is 2.90. The Morgan fingerprint density at radius 2 is 1.54 bits per heavy atom. The molecule has 0 fully saturated rings. The summed E-state index contributed by atoms with van der Waals surface area (Å²) in [4.78, 5) is 0. The number of aliphatic hydroxyl groups excluding tert-OH is 5. The van der Waals surface area contributed by atoms with Gasteiger partial charge in [0.15, 0.2) is 0 Å². The third-order valence-electron chi connectivity index (χ3n) is 2.00. The molecular weight excluding hydrogens is 179 g/mol. The molecule has 0 saturated carbocycles. The fourth-order valence-corrected chi connectivity index (χ4v) is 0.871. The lowest BCUT2D eigenvalue weighted by Gasteiger charge is -2.34. The molecule has 7 heteroatoms. The molecule has 0 aromatic carbocycles. The maximum Gasteiger partial charge on any atom is 0.150 e. The van der Waals surface area contributed by atoms with Crippen molar-refractivity contribution in [2.75, 3.05) is 13.2 Å². The largest absolute Gasteiger partial charge is 0.394 e. The highest BCUT2D eigenvalue weighted by molar-refractivity contribution is 6.15. The molecule has 0 heterocycles. The van der Waals surface area contributed by atoms with Crippen molar-refractivity contribution in [1.29, 1.82) is 0 Å². The van der Waals surface area contributed by atoms with Gasteiger partial charge < -0.3 is 30.6 Å². The van der Waals surface area contributed by atoms with Crippen molar-refractivity contribution in [3.05, 3.63) is 0 Å². The molecule has 0 aromatic heterocycles. The predicted molar refractivity (Wildman–Crippen MR) is 45.7 cm³/mol. The van der Waals surface area contributed by atoms with Crippen molar-refractivity contribution in [3.8, 4) is 0 Å². The zero-order valence-corrected chi connectivity index (χ0v) is 7.33. The van der Waals surface area contributed by atoms with Crippen molar-refractivity contribution in [2.24, 2.45) is 0 Å². The lowest BCUT2D eigenvalue weighted by molar-refractivity contribution is -0.147. The summed E-state index contributed by atoms with van der Waals surface area (Å²) < 4.78 is 0. The molecule has 0 aliphatic rings. The quantitative estimate of drug-likeness (QED) is 0.245. The molecule has 6 nitrogen and oxygen atoms in total. The van der Waals surface area contributed by atoms with Crippen LogP contribution in [0, 0.1) is 0 Å². The summed E-state index contributed by atoms with van der Waals surface area (Å²) in [6.07, 6.45) is -4.86. The monoisotopic (exact) mass is 194 g/mol. The van der Waals surface area contributed by atoms with Gasteiger partial charge in [-0.05, 0) is 0 Å². The van der Waals surface area contributed by atoms with Gasteiger partial charge in [-0.3, -0.25) is 0 Å². The average Bonchev–Trinajstić information content (AvgIpc) is 2.13. The van der Waals surface area contributed by atoms with Crippen LogP contribution >= 0.6 is 0 Å². The minimum absolute atomic E-state index is 0.741. The Morgan fingerprint density at radius 1 is 1.08 bits per heavy atom. The van der Waals surface area contributed by atoms with Gasteiger partial charge in [0, 0.05) is 0 Å². The van der Waals surface area contributed by atoms with E-state index in [2.05, 4.69) is 0 Å². The van der Waals surface area contributed by atoms with Crippen LogP contribution in [-0.4, -0.2) is 75.5 Å². The van der Waals surface area contributed by atoms with Crippen LogP contribution in [0.15, 0.2) is 0 Å². The summed E-state index contributed by atoms with van der Waals surface area (Å²) >= 11 is 0. The Kier molecular flexibility index (Phi) is 4.83. The van der Waals surface area contributed by atoms with Gasteiger partial charge >= 0.3 is 0 Å². The van der Waals surface area contributed by atoms with E-state index in [1.165, 1.54) is 0 Å². The molecule has 0 bridgehead atoms. The summed E-state index contributed by atoms with van der Waals surface area (Å²) in [5.41, 5.74) is -2.06. The minimum Gasteiger partial charge on any atom is -0.394 e. The molecule has 0 unspecified atom stereocenters. The molecule has 0 spiro atoms. The van der Waals surface area contributed by atoms with E-state index in [0.717, 1.165) is 7.85 Å². The van der Waals surface area contributed by atoms with E-state index in [1.54, 1.807) is 0 Å². The van der Waals surface area contributed by atoms with E-state index in [4.69, 9.17) is 20.4 Å². The van der Waals surface area contributed by atoms with Crippen molar-refractivity contribution in [3.63, 3.8) is 0 Å². The van der Waals surface area contributed by atoms with Crippen LogP contribution in [0.1, 0.15) is 0 Å². The maximum atomic E-state index is 9.42. The zero-order valence-electron chi connectivity index (χ0n) is 7.33. The van der Waals surface area contributed by atoms with Crippen molar-refractivity contribution in [1.82, 2.24) is 0 Å². The fourth-order valence-electron chi connectivity index (χ4n) is 0.871. The normalized spacial score (nSPS) is 23.2. The van der Waals surface area contributed by atoms with Gasteiger partial charge in [0.1, 0.15) is 26.2 Å². The predicted octanol–water partition coefficient (Wildman–Crippen LogP) is -4.62. The molecule has 0 rings (SSSR count). The molecule has 6 N–H and O–H groups in total. The van der Waals surface area contributed by atoms with E-state index in [-0.39, 0.29) is 0 Å². The van der Waals surface area contributed by atoms with Gasteiger partial charge in [0.05, 0.1) is 18.7 Å². The first-order chi connectivity index (χ1) is 5.87. The Morgan fingerprint density at radius 3 is 1.85 bits per heavy atom. The van der Waals surface area contributed by atoms with Gasteiger partial charge in [0.25, 0.3) is 0 Å². The fraction of sp³-hybridized carbons (Fsp3) is 1.00. The Balaban J connectivity index is 4.42. The standard InChI is InChI=1S/C6H15BO6/c7-6(13,4(11)2-9)5(12)3(10)1-8/h3-5,8-13H,1-2,7H2/t3-,4+,5+,6+/m0/s1. The Hall–Kier alpha value is -0.175. The molecule has 0 saturated heterocycles. The second-order valence-corrected chi connectivity index (χ2v) is 3.12. The Labute approximate surface area is 76.5 Å². The minimum atomic E-state index is -2.06. The molecule has 0 amide bonds. The Bertz CT molecular complexity index is 152. The summed E-state index contributed by atoms with van der Waals surface area (Å²) in [7, 11) is 1.05. The first-order valence-electron chi connectivity index (χ1n) is 3.86. The lowest BCUT2D eigenvalue weighted by Crippen LogP contribution is -2.59. The van der Waals surface area contributed by atoms with Crippen molar-refractivity contribution < 1.29 is 30.6 Å². The van der Waals surface area contributed by atoms with Gasteiger partial charge in [-0.25, -0.2) is 0 Å². The third-order valence-corrected chi connectivity index (χ3v) is 2.00. The number of hydrogen-bond acceptors (Lipinski definition) is 6. The summed E-state index contributed by atoms with van der Waals surface area (Å²) in [6.45, 7) is -1.49. The second-order valence-electron chi connectivity index (χ2n) is 3.12. The highest BCUT2D eigenvalue weighted by atomic mass is 16.4. The zero-order chi connectivity index (χ0) is 10.6.